The zero-order valence-corrected chi connectivity index (χ0v) is 15.6. The Bertz CT molecular complexity index is 580. The van der Waals surface area contributed by atoms with E-state index in [1.54, 1.807) is 14.2 Å². The number of rotatable bonds is 12. The van der Waals surface area contributed by atoms with Gasteiger partial charge in [-0.05, 0) is 35.1 Å². The number of hydrogen-bond acceptors (Lipinski definition) is 4. The fourth-order valence-corrected chi connectivity index (χ4v) is 2.85. The highest BCUT2D eigenvalue weighted by Crippen LogP contribution is 2.31. The lowest BCUT2D eigenvalue weighted by molar-refractivity contribution is -0.0288. The fraction of sp³-hybridized carbons (Fsp3) is 0.364. The van der Waals surface area contributed by atoms with Crippen molar-refractivity contribution in [2.45, 2.75) is 12.8 Å². The second-order valence-electron chi connectivity index (χ2n) is 5.82. The third-order valence-electron chi connectivity index (χ3n) is 4.00. The summed E-state index contributed by atoms with van der Waals surface area (Å²) in [6.45, 7) is 1.82. The topological polar surface area (TPSA) is 36.9 Å². The van der Waals surface area contributed by atoms with Gasteiger partial charge in [-0.3, -0.25) is 0 Å². The molecule has 0 atom stereocenters. The monoisotopic (exact) mass is 356 g/mol. The maximum absolute atomic E-state index is 5.56. The van der Waals surface area contributed by atoms with Crippen LogP contribution in [0.1, 0.15) is 24.0 Å². The third kappa shape index (κ3) is 6.73. The third-order valence-corrected chi connectivity index (χ3v) is 4.00. The number of hydrogen-bond donors (Lipinski definition) is 0. The van der Waals surface area contributed by atoms with Crippen LogP contribution in [0, 0.1) is 0 Å². The van der Waals surface area contributed by atoms with E-state index < -0.39 is 0 Å². The summed E-state index contributed by atoms with van der Waals surface area (Å²) in [7, 11) is 3.27. The van der Waals surface area contributed by atoms with Crippen LogP contribution in [0.15, 0.2) is 60.7 Å². The number of ether oxygens (including phenoxy) is 4. The summed E-state index contributed by atoms with van der Waals surface area (Å²) in [5, 5.41) is 0. The molecule has 0 bridgehead atoms. The average Bonchev–Trinajstić information content (AvgIpc) is 2.70. The zero-order valence-electron chi connectivity index (χ0n) is 15.6. The van der Waals surface area contributed by atoms with Crippen LogP contribution in [0.4, 0.5) is 0 Å². The van der Waals surface area contributed by atoms with Gasteiger partial charge in [-0.2, -0.15) is 0 Å². The molecule has 2 aromatic carbocycles. The number of benzene rings is 2. The SMILES string of the molecule is COCOCC/C(=C(/CCOCOC)c1ccccc1)c1ccccc1. The van der Waals surface area contributed by atoms with Crippen LogP contribution in [0.3, 0.4) is 0 Å². The lowest BCUT2D eigenvalue weighted by Crippen LogP contribution is -2.04. The smallest absolute Gasteiger partial charge is 0.146 e. The molecule has 0 fully saturated rings. The lowest BCUT2D eigenvalue weighted by atomic mass is 9.91. The van der Waals surface area contributed by atoms with Crippen LogP contribution in [0.2, 0.25) is 0 Å². The Hall–Kier alpha value is -1.98. The molecule has 0 saturated carbocycles. The summed E-state index contributed by atoms with van der Waals surface area (Å²) in [6, 6.07) is 20.9. The van der Waals surface area contributed by atoms with Crippen molar-refractivity contribution < 1.29 is 18.9 Å². The highest BCUT2D eigenvalue weighted by Gasteiger charge is 2.12. The van der Waals surface area contributed by atoms with E-state index in [1.807, 2.05) is 12.1 Å². The Balaban J connectivity index is 2.32. The van der Waals surface area contributed by atoms with Gasteiger partial charge < -0.3 is 18.9 Å². The van der Waals surface area contributed by atoms with Gasteiger partial charge >= 0.3 is 0 Å². The minimum absolute atomic E-state index is 0.305. The summed E-state index contributed by atoms with van der Waals surface area (Å²) >= 11 is 0. The molecule has 0 aliphatic heterocycles. The highest BCUT2D eigenvalue weighted by molar-refractivity contribution is 5.90. The van der Waals surface area contributed by atoms with E-state index in [2.05, 4.69) is 48.5 Å². The standard InChI is InChI=1S/C22H28O4/c1-23-17-25-15-13-21(19-9-5-3-6-10-19)22(14-16-26-18-24-2)20-11-7-4-8-12-20/h3-12H,13-18H2,1-2H3/b22-21+. The molecule has 0 unspecified atom stereocenters. The second kappa shape index (κ2) is 12.4. The quantitative estimate of drug-likeness (QED) is 0.316. The van der Waals surface area contributed by atoms with Gasteiger partial charge in [0.25, 0.3) is 0 Å². The minimum Gasteiger partial charge on any atom is -0.359 e. The molecule has 0 spiro atoms. The molecule has 4 nitrogen and oxygen atoms in total. The molecule has 0 saturated heterocycles. The Morgan fingerprint density at radius 2 is 1.00 bits per heavy atom. The van der Waals surface area contributed by atoms with E-state index in [9.17, 15) is 0 Å². The van der Waals surface area contributed by atoms with Crippen LogP contribution in [-0.4, -0.2) is 41.0 Å². The molecule has 4 heteroatoms. The van der Waals surface area contributed by atoms with Gasteiger partial charge in [0.2, 0.25) is 0 Å². The van der Waals surface area contributed by atoms with Gasteiger partial charge in [-0.25, -0.2) is 0 Å². The van der Waals surface area contributed by atoms with Gasteiger partial charge in [-0.15, -0.1) is 0 Å². The predicted molar refractivity (Wildman–Crippen MR) is 105 cm³/mol. The largest absolute Gasteiger partial charge is 0.359 e. The average molecular weight is 356 g/mol. The first-order chi connectivity index (χ1) is 12.9. The molecule has 2 aromatic rings. The normalized spacial score (nSPS) is 12.1. The Labute approximate surface area is 156 Å². The van der Waals surface area contributed by atoms with Crippen molar-refractivity contribution >= 4 is 11.1 Å². The molecule has 0 N–H and O–H groups in total. The summed E-state index contributed by atoms with van der Waals surface area (Å²) in [6.07, 6.45) is 1.61. The maximum Gasteiger partial charge on any atom is 0.146 e. The highest BCUT2D eigenvalue weighted by atomic mass is 16.7. The van der Waals surface area contributed by atoms with E-state index in [0.717, 1.165) is 12.8 Å². The molecule has 0 aromatic heterocycles. The van der Waals surface area contributed by atoms with E-state index in [-0.39, 0.29) is 0 Å². The summed E-state index contributed by atoms with van der Waals surface area (Å²) in [5.41, 5.74) is 4.96. The van der Waals surface area contributed by atoms with Gasteiger partial charge in [0.15, 0.2) is 0 Å². The van der Waals surface area contributed by atoms with Crippen molar-refractivity contribution in [3.63, 3.8) is 0 Å². The van der Waals surface area contributed by atoms with Gasteiger partial charge in [0.1, 0.15) is 13.6 Å². The first kappa shape index (κ1) is 20.3. The van der Waals surface area contributed by atoms with Crippen LogP contribution in [0.25, 0.3) is 11.1 Å². The van der Waals surface area contributed by atoms with Crippen LogP contribution < -0.4 is 0 Å². The lowest BCUT2D eigenvalue weighted by Gasteiger charge is -2.17. The predicted octanol–water partition coefficient (Wildman–Crippen LogP) is 4.62. The molecule has 2 rings (SSSR count). The van der Waals surface area contributed by atoms with E-state index >= 15 is 0 Å². The molecule has 0 aliphatic rings. The zero-order chi connectivity index (χ0) is 18.5. The summed E-state index contributed by atoms with van der Waals surface area (Å²) < 4.78 is 21.1. The first-order valence-corrected chi connectivity index (χ1v) is 8.83. The van der Waals surface area contributed by atoms with Crippen molar-refractivity contribution in [2.75, 3.05) is 41.0 Å². The van der Waals surface area contributed by atoms with E-state index in [1.165, 1.54) is 22.3 Å². The van der Waals surface area contributed by atoms with Crippen molar-refractivity contribution in [1.82, 2.24) is 0 Å². The van der Waals surface area contributed by atoms with Crippen molar-refractivity contribution in [2.24, 2.45) is 0 Å². The Kier molecular flexibility index (Phi) is 9.69. The fourth-order valence-electron chi connectivity index (χ4n) is 2.85. The molecule has 0 amide bonds. The van der Waals surface area contributed by atoms with Gasteiger partial charge in [-0.1, -0.05) is 60.7 Å². The molecule has 0 aliphatic carbocycles. The van der Waals surface area contributed by atoms with Gasteiger partial charge in [0, 0.05) is 14.2 Å². The Morgan fingerprint density at radius 1 is 0.615 bits per heavy atom. The number of methoxy groups -OCH3 is 2. The molecule has 0 heterocycles. The van der Waals surface area contributed by atoms with Crippen molar-refractivity contribution in [3.8, 4) is 0 Å². The van der Waals surface area contributed by atoms with E-state index in [0.29, 0.717) is 26.8 Å². The molecule has 140 valence electrons. The summed E-state index contributed by atoms with van der Waals surface area (Å²) in [4.78, 5) is 0. The first-order valence-electron chi connectivity index (χ1n) is 8.83. The maximum atomic E-state index is 5.56. The minimum atomic E-state index is 0.305. The van der Waals surface area contributed by atoms with Gasteiger partial charge in [0.05, 0.1) is 13.2 Å². The van der Waals surface area contributed by atoms with Crippen LogP contribution >= 0.6 is 0 Å². The van der Waals surface area contributed by atoms with Crippen molar-refractivity contribution in [1.29, 1.82) is 0 Å². The molecule has 0 radical (unpaired) electrons. The molecule has 26 heavy (non-hydrogen) atoms. The van der Waals surface area contributed by atoms with Crippen LogP contribution in [0.5, 0.6) is 0 Å². The Morgan fingerprint density at radius 3 is 1.35 bits per heavy atom. The van der Waals surface area contributed by atoms with Crippen LogP contribution in [-0.2, 0) is 18.9 Å². The second-order valence-corrected chi connectivity index (χ2v) is 5.82. The summed E-state index contributed by atoms with van der Waals surface area (Å²) in [5.74, 6) is 0. The molecular weight excluding hydrogens is 328 g/mol. The molecular formula is C22H28O4. The van der Waals surface area contributed by atoms with Crippen molar-refractivity contribution in [3.05, 3.63) is 71.8 Å². The van der Waals surface area contributed by atoms with E-state index in [4.69, 9.17) is 18.9 Å².